The lowest BCUT2D eigenvalue weighted by atomic mass is 9.79. The minimum absolute atomic E-state index is 0.113. The molecule has 1 aromatic rings. The van der Waals surface area contributed by atoms with E-state index in [0.29, 0.717) is 11.8 Å². The van der Waals surface area contributed by atoms with Gasteiger partial charge in [0.25, 0.3) is 0 Å². The van der Waals surface area contributed by atoms with Gasteiger partial charge in [0.1, 0.15) is 0 Å². The van der Waals surface area contributed by atoms with Crippen LogP contribution in [0.5, 0.6) is 0 Å². The van der Waals surface area contributed by atoms with Crippen LogP contribution >= 0.6 is 0 Å². The molecule has 0 heterocycles. The first-order valence-corrected chi connectivity index (χ1v) is 5.93. The summed E-state index contributed by atoms with van der Waals surface area (Å²) in [5.74, 6) is 1.08. The van der Waals surface area contributed by atoms with Gasteiger partial charge >= 0.3 is 0 Å². The Kier molecular flexibility index (Phi) is 4.75. The molecule has 0 bridgehead atoms. The first kappa shape index (κ1) is 13.0. The molecule has 0 amide bonds. The Morgan fingerprint density at radius 3 is 2.12 bits per heavy atom. The van der Waals surface area contributed by atoms with Gasteiger partial charge in [-0.05, 0) is 17.4 Å². The van der Waals surface area contributed by atoms with E-state index in [1.165, 1.54) is 0 Å². The first-order valence-electron chi connectivity index (χ1n) is 5.93. The van der Waals surface area contributed by atoms with Gasteiger partial charge < -0.3 is 5.11 Å². The zero-order chi connectivity index (χ0) is 12.1. The van der Waals surface area contributed by atoms with Crippen molar-refractivity contribution < 1.29 is 5.11 Å². The Balaban J connectivity index is 2.85. The molecule has 0 aromatic heterocycles. The molecule has 1 N–H and O–H groups in total. The van der Waals surface area contributed by atoms with Crippen molar-refractivity contribution in [1.82, 2.24) is 0 Å². The maximum absolute atomic E-state index is 10.3. The Labute approximate surface area is 98.8 Å². The van der Waals surface area contributed by atoms with Gasteiger partial charge in [-0.25, -0.2) is 0 Å². The molecule has 0 saturated heterocycles. The molecule has 0 fully saturated rings. The standard InChI is InChI=1S/C15H22O/c1-5-14(12(4)11(2)3)15(16)13-9-7-6-8-10-13/h5-12,14-16H,1H2,2-4H3/t12?,14-,15-/m0/s1. The molecule has 1 nitrogen and oxygen atoms in total. The van der Waals surface area contributed by atoms with Crippen molar-refractivity contribution in [3.8, 4) is 0 Å². The van der Waals surface area contributed by atoms with E-state index >= 15 is 0 Å². The van der Waals surface area contributed by atoms with Crippen LogP contribution in [0.15, 0.2) is 43.0 Å². The maximum Gasteiger partial charge on any atom is 0.0855 e. The van der Waals surface area contributed by atoms with E-state index in [1.807, 2.05) is 36.4 Å². The second-order valence-electron chi connectivity index (χ2n) is 4.77. The van der Waals surface area contributed by atoms with Gasteiger partial charge in [-0.3, -0.25) is 0 Å². The second kappa shape index (κ2) is 5.86. The molecular weight excluding hydrogens is 196 g/mol. The number of rotatable bonds is 5. The second-order valence-corrected chi connectivity index (χ2v) is 4.77. The van der Waals surface area contributed by atoms with Gasteiger partial charge in [-0.1, -0.05) is 57.2 Å². The van der Waals surface area contributed by atoms with Crippen LogP contribution in [0.1, 0.15) is 32.4 Å². The van der Waals surface area contributed by atoms with Crippen LogP contribution in [0.2, 0.25) is 0 Å². The highest BCUT2D eigenvalue weighted by Gasteiger charge is 2.25. The third-order valence-electron chi connectivity index (χ3n) is 3.44. The molecule has 88 valence electrons. The summed E-state index contributed by atoms with van der Waals surface area (Å²) < 4.78 is 0. The maximum atomic E-state index is 10.3. The van der Waals surface area contributed by atoms with Gasteiger partial charge in [-0.2, -0.15) is 0 Å². The molecule has 1 heteroatoms. The Morgan fingerprint density at radius 1 is 1.12 bits per heavy atom. The van der Waals surface area contributed by atoms with Crippen LogP contribution in [0.3, 0.4) is 0 Å². The third-order valence-corrected chi connectivity index (χ3v) is 3.44. The Bertz CT molecular complexity index is 315. The molecule has 0 aliphatic rings. The SMILES string of the molecule is C=C[C@@H](C(C)C(C)C)[C@@H](O)c1ccccc1. The lowest BCUT2D eigenvalue weighted by molar-refractivity contribution is 0.0893. The van der Waals surface area contributed by atoms with Crippen molar-refractivity contribution in [2.24, 2.45) is 17.8 Å². The van der Waals surface area contributed by atoms with Crippen LogP contribution in [-0.2, 0) is 0 Å². The summed E-state index contributed by atoms with van der Waals surface area (Å²) in [7, 11) is 0. The molecule has 0 radical (unpaired) electrons. The van der Waals surface area contributed by atoms with E-state index < -0.39 is 6.10 Å². The Morgan fingerprint density at radius 2 is 1.69 bits per heavy atom. The smallest absolute Gasteiger partial charge is 0.0855 e. The summed E-state index contributed by atoms with van der Waals surface area (Å²) >= 11 is 0. The number of hydrogen-bond acceptors (Lipinski definition) is 1. The molecule has 3 atom stereocenters. The van der Waals surface area contributed by atoms with Crippen LogP contribution < -0.4 is 0 Å². The summed E-state index contributed by atoms with van der Waals surface area (Å²) in [5, 5.41) is 10.3. The molecule has 0 aliphatic heterocycles. The van der Waals surface area contributed by atoms with Crippen molar-refractivity contribution in [3.63, 3.8) is 0 Å². The first-order chi connectivity index (χ1) is 7.57. The monoisotopic (exact) mass is 218 g/mol. The average Bonchev–Trinajstić information content (AvgIpc) is 2.30. The van der Waals surface area contributed by atoms with Gasteiger partial charge in [0.2, 0.25) is 0 Å². The minimum Gasteiger partial charge on any atom is -0.388 e. The van der Waals surface area contributed by atoms with Crippen molar-refractivity contribution in [2.75, 3.05) is 0 Å². The highest BCUT2D eigenvalue weighted by atomic mass is 16.3. The van der Waals surface area contributed by atoms with E-state index in [1.54, 1.807) is 0 Å². The fraction of sp³-hybridized carbons (Fsp3) is 0.467. The van der Waals surface area contributed by atoms with E-state index in [2.05, 4.69) is 27.4 Å². The zero-order valence-electron chi connectivity index (χ0n) is 10.4. The van der Waals surface area contributed by atoms with Crippen LogP contribution in [-0.4, -0.2) is 5.11 Å². The van der Waals surface area contributed by atoms with Gasteiger partial charge in [0.05, 0.1) is 6.10 Å². The fourth-order valence-corrected chi connectivity index (χ4v) is 1.95. The van der Waals surface area contributed by atoms with Crippen LogP contribution in [0.25, 0.3) is 0 Å². The quantitative estimate of drug-likeness (QED) is 0.745. The largest absolute Gasteiger partial charge is 0.388 e. The molecule has 1 unspecified atom stereocenters. The van der Waals surface area contributed by atoms with E-state index in [4.69, 9.17) is 0 Å². The van der Waals surface area contributed by atoms with Crippen molar-refractivity contribution in [3.05, 3.63) is 48.6 Å². The lowest BCUT2D eigenvalue weighted by Gasteiger charge is -2.28. The zero-order valence-corrected chi connectivity index (χ0v) is 10.4. The van der Waals surface area contributed by atoms with E-state index in [0.717, 1.165) is 5.56 Å². The highest BCUT2D eigenvalue weighted by Crippen LogP contribution is 2.32. The number of aliphatic hydroxyl groups excluding tert-OH is 1. The molecular formula is C15H22O. The van der Waals surface area contributed by atoms with Crippen molar-refractivity contribution >= 4 is 0 Å². The predicted molar refractivity (Wildman–Crippen MR) is 69.1 cm³/mol. The lowest BCUT2D eigenvalue weighted by Crippen LogP contribution is -2.22. The van der Waals surface area contributed by atoms with E-state index in [-0.39, 0.29) is 5.92 Å². The number of hydrogen-bond donors (Lipinski definition) is 1. The summed E-state index contributed by atoms with van der Waals surface area (Å²) in [5.41, 5.74) is 0.972. The highest BCUT2D eigenvalue weighted by molar-refractivity contribution is 5.19. The summed E-state index contributed by atoms with van der Waals surface area (Å²) in [6.45, 7) is 10.4. The van der Waals surface area contributed by atoms with Crippen molar-refractivity contribution in [2.45, 2.75) is 26.9 Å². The van der Waals surface area contributed by atoms with Crippen LogP contribution in [0.4, 0.5) is 0 Å². The summed E-state index contributed by atoms with van der Waals surface area (Å²) in [4.78, 5) is 0. The molecule has 1 aromatic carbocycles. The molecule has 16 heavy (non-hydrogen) atoms. The molecule has 0 spiro atoms. The predicted octanol–water partition coefficient (Wildman–Crippen LogP) is 3.81. The number of aliphatic hydroxyl groups is 1. The average molecular weight is 218 g/mol. The Hall–Kier alpha value is -1.08. The normalized spacial score (nSPS) is 16.8. The van der Waals surface area contributed by atoms with Gasteiger partial charge in [0, 0.05) is 5.92 Å². The number of benzene rings is 1. The van der Waals surface area contributed by atoms with Gasteiger partial charge in [0.15, 0.2) is 0 Å². The summed E-state index contributed by atoms with van der Waals surface area (Å²) in [6, 6.07) is 9.81. The molecule has 0 aliphatic carbocycles. The van der Waals surface area contributed by atoms with Crippen LogP contribution in [0, 0.1) is 17.8 Å². The minimum atomic E-state index is -0.448. The third kappa shape index (κ3) is 2.96. The molecule has 0 saturated carbocycles. The van der Waals surface area contributed by atoms with E-state index in [9.17, 15) is 5.11 Å². The summed E-state index contributed by atoms with van der Waals surface area (Å²) in [6.07, 6.45) is 1.43. The van der Waals surface area contributed by atoms with Gasteiger partial charge in [-0.15, -0.1) is 6.58 Å². The molecule has 1 rings (SSSR count). The van der Waals surface area contributed by atoms with Crippen molar-refractivity contribution in [1.29, 1.82) is 0 Å². The fourth-order valence-electron chi connectivity index (χ4n) is 1.95. The topological polar surface area (TPSA) is 20.2 Å².